The van der Waals surface area contributed by atoms with Crippen LogP contribution in [0.3, 0.4) is 0 Å². The van der Waals surface area contributed by atoms with Crippen molar-refractivity contribution in [3.63, 3.8) is 0 Å². The highest BCUT2D eigenvalue weighted by molar-refractivity contribution is 5.30. The lowest BCUT2D eigenvalue weighted by molar-refractivity contribution is 0.637. The summed E-state index contributed by atoms with van der Waals surface area (Å²) >= 11 is 0. The number of imidazole rings is 2. The summed E-state index contributed by atoms with van der Waals surface area (Å²) in [6.45, 7) is 1.51. The molecule has 2 heterocycles. The summed E-state index contributed by atoms with van der Waals surface area (Å²) < 4.78 is 2.08. The lowest BCUT2D eigenvalue weighted by Gasteiger charge is -2.12. The van der Waals surface area contributed by atoms with Crippen LogP contribution in [0.5, 0.6) is 0 Å². The summed E-state index contributed by atoms with van der Waals surface area (Å²) in [5.74, 6) is 1.90. The lowest BCUT2D eigenvalue weighted by atomic mass is 10.4. The fourth-order valence-electron chi connectivity index (χ4n) is 1.72. The van der Waals surface area contributed by atoms with E-state index in [1.807, 2.05) is 38.4 Å². The van der Waals surface area contributed by atoms with E-state index in [0.29, 0.717) is 0 Å². The van der Waals surface area contributed by atoms with Crippen LogP contribution >= 0.6 is 0 Å². The minimum absolute atomic E-state index is 0.732. The molecule has 2 aromatic heterocycles. The molecule has 0 bridgehead atoms. The van der Waals surface area contributed by atoms with Crippen LogP contribution in [0.2, 0.25) is 0 Å². The summed E-state index contributed by atoms with van der Waals surface area (Å²) in [5, 5.41) is 3.32. The number of nitrogens with one attached hydrogen (secondary N) is 2. The molecule has 0 spiro atoms. The molecule has 0 aromatic carbocycles. The van der Waals surface area contributed by atoms with Crippen molar-refractivity contribution in [3.8, 4) is 0 Å². The fraction of sp³-hybridized carbons (Fsp3) is 0.455. The van der Waals surface area contributed by atoms with Crippen LogP contribution in [-0.2, 0) is 20.1 Å². The van der Waals surface area contributed by atoms with Gasteiger partial charge in [0.1, 0.15) is 5.82 Å². The van der Waals surface area contributed by atoms with Gasteiger partial charge in [0.15, 0.2) is 0 Å². The van der Waals surface area contributed by atoms with Crippen molar-refractivity contribution < 1.29 is 0 Å². The minimum atomic E-state index is 0.732. The monoisotopic (exact) mass is 234 g/mol. The summed E-state index contributed by atoms with van der Waals surface area (Å²) in [6, 6.07) is 0. The van der Waals surface area contributed by atoms with Gasteiger partial charge in [0, 0.05) is 40.1 Å². The smallest absolute Gasteiger partial charge is 0.204 e. The maximum absolute atomic E-state index is 4.36. The second kappa shape index (κ2) is 5.01. The maximum atomic E-state index is 4.36. The van der Waals surface area contributed by atoms with Gasteiger partial charge in [-0.25, -0.2) is 9.97 Å². The molecule has 0 saturated carbocycles. The first-order valence-corrected chi connectivity index (χ1v) is 5.55. The molecule has 2 N–H and O–H groups in total. The maximum Gasteiger partial charge on any atom is 0.204 e. The van der Waals surface area contributed by atoms with Gasteiger partial charge in [-0.3, -0.25) is 0 Å². The molecule has 0 aliphatic carbocycles. The summed E-state index contributed by atoms with van der Waals surface area (Å²) in [7, 11) is 6.00. The zero-order valence-electron chi connectivity index (χ0n) is 10.4. The number of anilines is 1. The van der Waals surface area contributed by atoms with Crippen LogP contribution in [0, 0.1) is 0 Å². The van der Waals surface area contributed by atoms with E-state index < -0.39 is 0 Å². The van der Waals surface area contributed by atoms with Crippen LogP contribution in [0.1, 0.15) is 11.5 Å². The van der Waals surface area contributed by atoms with E-state index in [4.69, 9.17) is 0 Å². The molecular weight excluding hydrogens is 216 g/mol. The van der Waals surface area contributed by atoms with Gasteiger partial charge in [0.25, 0.3) is 0 Å². The highest BCUT2D eigenvalue weighted by atomic mass is 15.3. The van der Waals surface area contributed by atoms with Gasteiger partial charge in [-0.15, -0.1) is 0 Å². The third-order valence-corrected chi connectivity index (χ3v) is 2.61. The first kappa shape index (κ1) is 11.7. The predicted octanol–water partition coefficient (Wildman–Crippen LogP) is 0.499. The molecule has 0 radical (unpaired) electrons. The normalized spacial score (nSPS) is 10.8. The molecule has 0 aliphatic heterocycles. The zero-order valence-corrected chi connectivity index (χ0v) is 10.4. The van der Waals surface area contributed by atoms with E-state index in [1.165, 1.54) is 0 Å². The first-order valence-electron chi connectivity index (χ1n) is 5.55. The van der Waals surface area contributed by atoms with E-state index in [2.05, 4.69) is 24.8 Å². The van der Waals surface area contributed by atoms with Gasteiger partial charge in [-0.05, 0) is 0 Å². The molecule has 2 aromatic rings. The van der Waals surface area contributed by atoms with E-state index in [1.54, 1.807) is 6.20 Å². The SMILES string of the molecule is CN(C)c1ncc(CNCc2ncc[nH]2)n1C. The topological polar surface area (TPSA) is 61.8 Å². The summed E-state index contributed by atoms with van der Waals surface area (Å²) in [5.41, 5.74) is 1.15. The Bertz CT molecular complexity index is 456. The highest BCUT2D eigenvalue weighted by Crippen LogP contribution is 2.10. The molecule has 0 unspecified atom stereocenters. The third kappa shape index (κ3) is 2.65. The molecule has 0 aliphatic rings. The zero-order chi connectivity index (χ0) is 12.3. The van der Waals surface area contributed by atoms with Gasteiger partial charge in [-0.2, -0.15) is 0 Å². The Kier molecular flexibility index (Phi) is 3.43. The Hall–Kier alpha value is -1.82. The fourth-order valence-corrected chi connectivity index (χ4v) is 1.72. The molecule has 17 heavy (non-hydrogen) atoms. The number of hydrogen-bond donors (Lipinski definition) is 2. The summed E-state index contributed by atoms with van der Waals surface area (Å²) in [6.07, 6.45) is 5.47. The standard InChI is InChI=1S/C11H18N6/c1-16(2)11-15-7-9(17(11)3)6-12-8-10-13-4-5-14-10/h4-5,7,12H,6,8H2,1-3H3,(H,13,14). The van der Waals surface area contributed by atoms with Crippen LogP contribution in [0.25, 0.3) is 0 Å². The van der Waals surface area contributed by atoms with Gasteiger partial charge in [0.05, 0.1) is 18.4 Å². The number of H-pyrrole nitrogens is 1. The van der Waals surface area contributed by atoms with Gasteiger partial charge in [-0.1, -0.05) is 0 Å². The Balaban J connectivity index is 1.91. The van der Waals surface area contributed by atoms with Crippen LogP contribution in [0.4, 0.5) is 5.95 Å². The molecule has 92 valence electrons. The molecule has 2 rings (SSSR count). The quantitative estimate of drug-likeness (QED) is 0.791. The van der Waals surface area contributed by atoms with Crippen molar-refractivity contribution in [1.82, 2.24) is 24.8 Å². The molecule has 6 heteroatoms. The van der Waals surface area contributed by atoms with Crippen LogP contribution < -0.4 is 10.2 Å². The Morgan fingerprint density at radius 1 is 1.35 bits per heavy atom. The van der Waals surface area contributed by atoms with Gasteiger partial charge < -0.3 is 19.8 Å². The Morgan fingerprint density at radius 2 is 2.18 bits per heavy atom. The molecule has 0 amide bonds. The van der Waals surface area contributed by atoms with Crippen molar-refractivity contribution >= 4 is 5.95 Å². The van der Waals surface area contributed by atoms with E-state index in [0.717, 1.165) is 30.6 Å². The molecule has 0 saturated heterocycles. The number of hydrogen-bond acceptors (Lipinski definition) is 4. The van der Waals surface area contributed by atoms with Crippen LogP contribution in [-0.4, -0.2) is 33.6 Å². The van der Waals surface area contributed by atoms with Crippen molar-refractivity contribution in [3.05, 3.63) is 30.1 Å². The average Bonchev–Trinajstić information content (AvgIpc) is 2.89. The minimum Gasteiger partial charge on any atom is -0.348 e. The van der Waals surface area contributed by atoms with Crippen molar-refractivity contribution in [2.45, 2.75) is 13.1 Å². The van der Waals surface area contributed by atoms with Gasteiger partial charge >= 0.3 is 0 Å². The number of aromatic nitrogens is 4. The average molecular weight is 234 g/mol. The van der Waals surface area contributed by atoms with E-state index in [-0.39, 0.29) is 0 Å². The van der Waals surface area contributed by atoms with E-state index in [9.17, 15) is 0 Å². The lowest BCUT2D eigenvalue weighted by Crippen LogP contribution is -2.18. The van der Waals surface area contributed by atoms with Gasteiger partial charge in [0.2, 0.25) is 5.95 Å². The Morgan fingerprint density at radius 3 is 2.76 bits per heavy atom. The number of rotatable bonds is 5. The molecule has 0 atom stereocenters. The largest absolute Gasteiger partial charge is 0.348 e. The molecule has 0 fully saturated rings. The molecule has 6 nitrogen and oxygen atoms in total. The first-order chi connectivity index (χ1) is 8.18. The van der Waals surface area contributed by atoms with Crippen molar-refractivity contribution in [1.29, 1.82) is 0 Å². The second-order valence-electron chi connectivity index (χ2n) is 4.14. The molecular formula is C11H18N6. The third-order valence-electron chi connectivity index (χ3n) is 2.61. The Labute approximate surface area is 101 Å². The van der Waals surface area contributed by atoms with Crippen LogP contribution in [0.15, 0.2) is 18.6 Å². The highest BCUT2D eigenvalue weighted by Gasteiger charge is 2.07. The number of aromatic amines is 1. The second-order valence-corrected chi connectivity index (χ2v) is 4.14. The van der Waals surface area contributed by atoms with Crippen molar-refractivity contribution in [2.24, 2.45) is 7.05 Å². The predicted molar refractivity (Wildman–Crippen MR) is 66.7 cm³/mol. The van der Waals surface area contributed by atoms with Crippen molar-refractivity contribution in [2.75, 3.05) is 19.0 Å². The van der Waals surface area contributed by atoms with E-state index >= 15 is 0 Å². The summed E-state index contributed by atoms with van der Waals surface area (Å²) in [4.78, 5) is 13.6. The number of nitrogens with zero attached hydrogens (tertiary/aromatic N) is 4.